The van der Waals surface area contributed by atoms with Crippen LogP contribution in [0.3, 0.4) is 0 Å². The molecule has 156 valence electrons. The molecule has 2 aromatic carbocycles. The van der Waals surface area contributed by atoms with Gasteiger partial charge in [-0.3, -0.25) is 4.57 Å². The molecular formula is C23H29FNO3P. The molecule has 1 aromatic heterocycles. The van der Waals surface area contributed by atoms with Crippen LogP contribution in [-0.2, 0) is 20.0 Å². The third kappa shape index (κ3) is 4.48. The molecule has 0 unspecified atom stereocenters. The molecule has 0 saturated carbocycles. The molecule has 0 saturated heterocycles. The number of unbranched alkanes of at least 4 members (excludes halogenated alkanes) is 2. The van der Waals surface area contributed by atoms with Crippen LogP contribution < -0.4 is 5.44 Å². The molecule has 3 rings (SSSR count). The van der Waals surface area contributed by atoms with Gasteiger partial charge in [0, 0.05) is 22.2 Å². The summed E-state index contributed by atoms with van der Waals surface area (Å²) < 4.78 is 40.9. The molecule has 0 N–H and O–H groups in total. The minimum atomic E-state index is -3.58. The van der Waals surface area contributed by atoms with E-state index in [2.05, 4.69) is 6.92 Å². The van der Waals surface area contributed by atoms with Gasteiger partial charge in [0.05, 0.1) is 13.2 Å². The zero-order chi connectivity index (χ0) is 20.9. The van der Waals surface area contributed by atoms with Crippen LogP contribution in [0.15, 0.2) is 48.5 Å². The first-order valence-electron chi connectivity index (χ1n) is 10.3. The van der Waals surface area contributed by atoms with Gasteiger partial charge >= 0.3 is 7.60 Å². The lowest BCUT2D eigenvalue weighted by Gasteiger charge is -2.21. The van der Waals surface area contributed by atoms with Gasteiger partial charge in [0.15, 0.2) is 0 Å². The number of nitrogens with zero attached hydrogens (tertiary/aromatic N) is 1. The highest BCUT2D eigenvalue weighted by Gasteiger charge is 2.35. The lowest BCUT2D eigenvalue weighted by Crippen LogP contribution is -2.21. The van der Waals surface area contributed by atoms with E-state index in [1.807, 2.05) is 28.8 Å². The van der Waals surface area contributed by atoms with Crippen molar-refractivity contribution in [1.29, 1.82) is 0 Å². The summed E-state index contributed by atoms with van der Waals surface area (Å²) in [6.07, 6.45) is 4.05. The van der Waals surface area contributed by atoms with Crippen molar-refractivity contribution in [2.45, 2.75) is 46.5 Å². The average Bonchev–Trinajstić information content (AvgIpc) is 3.04. The maximum Gasteiger partial charge on any atom is 0.378 e. The SMILES string of the molecule is CCCCCc1c2ccccc2c(P(=O)(OCC)OCC)n1-c1ccc(F)cc1. The van der Waals surface area contributed by atoms with Crippen molar-refractivity contribution in [2.24, 2.45) is 0 Å². The van der Waals surface area contributed by atoms with Gasteiger partial charge in [0.25, 0.3) is 0 Å². The second-order valence-electron chi connectivity index (χ2n) is 6.92. The Balaban J connectivity index is 2.34. The predicted octanol–water partition coefficient (Wildman–Crippen LogP) is 6.39. The summed E-state index contributed by atoms with van der Waals surface area (Å²) in [5.74, 6) is -0.308. The van der Waals surface area contributed by atoms with Crippen molar-refractivity contribution in [3.8, 4) is 5.69 Å². The van der Waals surface area contributed by atoms with Crippen LogP contribution in [0.2, 0.25) is 0 Å². The molecule has 0 spiro atoms. The monoisotopic (exact) mass is 417 g/mol. The van der Waals surface area contributed by atoms with Gasteiger partial charge in [0.1, 0.15) is 11.3 Å². The molecule has 0 radical (unpaired) electrons. The first-order chi connectivity index (χ1) is 14.1. The van der Waals surface area contributed by atoms with E-state index in [9.17, 15) is 8.96 Å². The van der Waals surface area contributed by atoms with Gasteiger partial charge in [-0.2, -0.15) is 0 Å². The second-order valence-corrected chi connectivity index (χ2v) is 8.85. The summed E-state index contributed by atoms with van der Waals surface area (Å²) in [5, 5.41) is 1.89. The summed E-state index contributed by atoms with van der Waals surface area (Å²) in [5.41, 5.74) is 2.33. The number of fused-ring (bicyclic) bond motifs is 1. The normalized spacial score (nSPS) is 12.0. The average molecular weight is 417 g/mol. The molecule has 0 aliphatic carbocycles. The summed E-state index contributed by atoms with van der Waals surface area (Å²) in [6.45, 7) is 6.32. The molecule has 3 aromatic rings. The van der Waals surface area contributed by atoms with Gasteiger partial charge in [-0.25, -0.2) is 4.39 Å². The molecule has 0 aliphatic heterocycles. The fourth-order valence-corrected chi connectivity index (χ4v) is 5.70. The summed E-state index contributed by atoms with van der Waals surface area (Å²) >= 11 is 0. The summed E-state index contributed by atoms with van der Waals surface area (Å²) in [4.78, 5) is 0. The largest absolute Gasteiger partial charge is 0.378 e. The molecule has 0 atom stereocenters. The fraction of sp³-hybridized carbons (Fsp3) is 0.391. The summed E-state index contributed by atoms with van der Waals surface area (Å²) in [7, 11) is -3.58. The minimum absolute atomic E-state index is 0.269. The van der Waals surface area contributed by atoms with Crippen molar-refractivity contribution in [3.63, 3.8) is 0 Å². The van der Waals surface area contributed by atoms with E-state index in [1.165, 1.54) is 12.1 Å². The minimum Gasteiger partial charge on any atom is -0.306 e. The zero-order valence-electron chi connectivity index (χ0n) is 17.4. The third-order valence-corrected chi connectivity index (χ3v) is 7.08. The number of hydrogen-bond acceptors (Lipinski definition) is 3. The topological polar surface area (TPSA) is 40.5 Å². The molecule has 0 amide bonds. The highest BCUT2D eigenvalue weighted by molar-refractivity contribution is 7.62. The van der Waals surface area contributed by atoms with E-state index in [-0.39, 0.29) is 19.0 Å². The lowest BCUT2D eigenvalue weighted by molar-refractivity contribution is 0.229. The van der Waals surface area contributed by atoms with Gasteiger partial charge in [-0.15, -0.1) is 0 Å². The van der Waals surface area contributed by atoms with E-state index in [0.717, 1.165) is 47.8 Å². The third-order valence-electron chi connectivity index (χ3n) is 4.92. The number of hydrogen-bond donors (Lipinski definition) is 0. The maximum atomic E-state index is 13.9. The Bertz CT molecular complexity index is 987. The van der Waals surface area contributed by atoms with Crippen molar-refractivity contribution in [3.05, 3.63) is 60.0 Å². The molecule has 0 bridgehead atoms. The van der Waals surface area contributed by atoms with Crippen molar-refractivity contribution in [2.75, 3.05) is 13.2 Å². The number of benzene rings is 2. The van der Waals surface area contributed by atoms with E-state index in [4.69, 9.17) is 9.05 Å². The van der Waals surface area contributed by atoms with Gasteiger partial charge in [-0.1, -0.05) is 44.0 Å². The Kier molecular flexibility index (Phi) is 7.28. The second kappa shape index (κ2) is 9.71. The Hall–Kier alpha value is -1.94. The smallest absolute Gasteiger partial charge is 0.306 e. The quantitative estimate of drug-likeness (QED) is 0.283. The highest BCUT2D eigenvalue weighted by Crippen LogP contribution is 2.50. The first-order valence-corrected chi connectivity index (χ1v) is 11.9. The van der Waals surface area contributed by atoms with Crippen LogP contribution in [0.1, 0.15) is 45.7 Å². The van der Waals surface area contributed by atoms with Gasteiger partial charge in [-0.05, 0) is 51.0 Å². The molecule has 29 heavy (non-hydrogen) atoms. The molecular weight excluding hydrogens is 388 g/mol. The number of aromatic nitrogens is 1. The number of halogens is 1. The number of rotatable bonds is 10. The number of aryl methyl sites for hydroxylation is 1. The predicted molar refractivity (Wildman–Crippen MR) is 117 cm³/mol. The first kappa shape index (κ1) is 21.8. The van der Waals surface area contributed by atoms with Gasteiger partial charge < -0.3 is 13.6 Å². The maximum absolute atomic E-state index is 13.9. The summed E-state index contributed by atoms with van der Waals surface area (Å²) in [6, 6.07) is 14.2. The molecule has 0 aliphatic rings. The lowest BCUT2D eigenvalue weighted by atomic mass is 10.1. The Morgan fingerprint density at radius 1 is 0.897 bits per heavy atom. The van der Waals surface area contributed by atoms with E-state index < -0.39 is 7.60 Å². The van der Waals surface area contributed by atoms with Crippen LogP contribution in [0.25, 0.3) is 16.5 Å². The zero-order valence-corrected chi connectivity index (χ0v) is 18.3. The van der Waals surface area contributed by atoms with Gasteiger partial charge in [0.2, 0.25) is 0 Å². The molecule has 6 heteroatoms. The van der Waals surface area contributed by atoms with Crippen LogP contribution >= 0.6 is 7.60 Å². The highest BCUT2D eigenvalue weighted by atomic mass is 31.2. The Morgan fingerprint density at radius 2 is 1.52 bits per heavy atom. The Morgan fingerprint density at radius 3 is 2.10 bits per heavy atom. The van der Waals surface area contributed by atoms with E-state index in [1.54, 1.807) is 26.0 Å². The standard InChI is InChI=1S/C23H29FNO3P/c1-4-7-8-13-22-20-11-9-10-12-21(20)23(29(26,27-5-2)28-6-3)25(22)19-16-14-18(24)15-17-19/h9-12,14-17H,4-8,13H2,1-3H3. The van der Waals surface area contributed by atoms with Crippen LogP contribution in [0, 0.1) is 5.82 Å². The fourth-order valence-electron chi connectivity index (χ4n) is 3.73. The van der Waals surface area contributed by atoms with Crippen LogP contribution in [0.5, 0.6) is 0 Å². The molecule has 1 heterocycles. The Labute approximate surface area is 172 Å². The van der Waals surface area contributed by atoms with Crippen LogP contribution in [-0.4, -0.2) is 17.8 Å². The van der Waals surface area contributed by atoms with E-state index >= 15 is 0 Å². The van der Waals surface area contributed by atoms with Crippen molar-refractivity contribution < 1.29 is 18.0 Å². The van der Waals surface area contributed by atoms with E-state index in [0.29, 0.717) is 5.44 Å². The van der Waals surface area contributed by atoms with Crippen molar-refractivity contribution in [1.82, 2.24) is 4.57 Å². The van der Waals surface area contributed by atoms with Crippen molar-refractivity contribution >= 4 is 23.8 Å². The molecule has 0 fully saturated rings. The molecule has 4 nitrogen and oxygen atoms in total. The van der Waals surface area contributed by atoms with Crippen LogP contribution in [0.4, 0.5) is 4.39 Å².